The number of hydrogen-bond donors (Lipinski definition) is 2. The van der Waals surface area contributed by atoms with E-state index in [1.165, 1.54) is 0 Å². The molecule has 2 atom stereocenters. The van der Waals surface area contributed by atoms with Crippen LogP contribution in [-0.4, -0.2) is 16.5 Å². The highest BCUT2D eigenvalue weighted by Crippen LogP contribution is 1.96. The molecule has 1 unspecified atom stereocenters. The van der Waals surface area contributed by atoms with Crippen molar-refractivity contribution in [1.29, 1.82) is 0 Å². The highest BCUT2D eigenvalue weighted by molar-refractivity contribution is 7.81. The molecule has 0 aromatic heterocycles. The first-order valence-electron chi connectivity index (χ1n) is 2.00. The highest BCUT2D eigenvalue weighted by Gasteiger charge is 1.98. The maximum Gasteiger partial charge on any atom is 0.0625 e. The Labute approximate surface area is 43.8 Å². The molecule has 1 N–H and O–H groups in total. The van der Waals surface area contributed by atoms with Crippen molar-refractivity contribution in [2.24, 2.45) is 0 Å². The Kier molecular flexibility index (Phi) is 2.61. The second-order valence-electron chi connectivity index (χ2n) is 1.48. The summed E-state index contributed by atoms with van der Waals surface area (Å²) in [6.45, 7) is 3.57. The van der Waals surface area contributed by atoms with E-state index in [0.717, 1.165) is 0 Å². The lowest BCUT2D eigenvalue weighted by Crippen LogP contribution is -2.11. The van der Waals surface area contributed by atoms with Crippen LogP contribution in [0.15, 0.2) is 0 Å². The van der Waals surface area contributed by atoms with Gasteiger partial charge in [0.05, 0.1) is 6.10 Å². The molecule has 0 radical (unpaired) electrons. The van der Waals surface area contributed by atoms with Gasteiger partial charge >= 0.3 is 0 Å². The van der Waals surface area contributed by atoms with Crippen LogP contribution in [0.2, 0.25) is 0 Å². The van der Waals surface area contributed by atoms with Gasteiger partial charge in [-0.15, -0.1) is 0 Å². The summed E-state index contributed by atoms with van der Waals surface area (Å²) < 4.78 is 0. The number of aliphatic hydroxyl groups excluding tert-OH is 1. The summed E-state index contributed by atoms with van der Waals surface area (Å²) in [7, 11) is 0. The Morgan fingerprint density at radius 3 is 1.67 bits per heavy atom. The van der Waals surface area contributed by atoms with Crippen LogP contribution in [0.1, 0.15) is 13.8 Å². The maximum absolute atomic E-state index is 8.55. The van der Waals surface area contributed by atoms with Gasteiger partial charge in [-0.05, 0) is 6.92 Å². The minimum Gasteiger partial charge on any atom is -0.392 e. The Balaban J connectivity index is 2.99. The first kappa shape index (κ1) is 6.31. The second kappa shape index (κ2) is 2.48. The van der Waals surface area contributed by atoms with E-state index in [2.05, 4.69) is 12.6 Å². The lowest BCUT2D eigenvalue weighted by Gasteiger charge is -2.03. The molecule has 0 aromatic rings. The number of aliphatic hydroxyl groups is 1. The van der Waals surface area contributed by atoms with Crippen LogP contribution in [0.25, 0.3) is 0 Å². The summed E-state index contributed by atoms with van der Waals surface area (Å²) in [5.41, 5.74) is 0. The topological polar surface area (TPSA) is 20.2 Å². The smallest absolute Gasteiger partial charge is 0.0625 e. The molecule has 0 aliphatic carbocycles. The molecule has 38 valence electrons. The van der Waals surface area contributed by atoms with Gasteiger partial charge in [-0.3, -0.25) is 0 Å². The molecular formula is C4H10OS. The van der Waals surface area contributed by atoms with Crippen LogP contribution in [0, 0.1) is 0 Å². The lowest BCUT2D eigenvalue weighted by atomic mass is 10.3. The van der Waals surface area contributed by atoms with Crippen LogP contribution in [-0.2, 0) is 0 Å². The quantitative estimate of drug-likeness (QED) is 0.471. The van der Waals surface area contributed by atoms with Gasteiger partial charge in [0.15, 0.2) is 0 Å². The Morgan fingerprint density at radius 1 is 1.50 bits per heavy atom. The third-order valence-corrected chi connectivity index (χ3v) is 1.13. The van der Waals surface area contributed by atoms with E-state index in [4.69, 9.17) is 5.11 Å². The van der Waals surface area contributed by atoms with E-state index in [0.29, 0.717) is 0 Å². The Hall–Kier alpha value is 0.310. The molecule has 6 heavy (non-hydrogen) atoms. The van der Waals surface area contributed by atoms with E-state index in [1.54, 1.807) is 6.92 Å². The van der Waals surface area contributed by atoms with Crippen molar-refractivity contribution >= 4 is 12.6 Å². The van der Waals surface area contributed by atoms with Gasteiger partial charge in [-0.25, -0.2) is 0 Å². The highest BCUT2D eigenvalue weighted by atomic mass is 32.1. The van der Waals surface area contributed by atoms with Gasteiger partial charge in [-0.1, -0.05) is 6.92 Å². The minimum atomic E-state index is -0.284. The summed E-state index contributed by atoms with van der Waals surface area (Å²) in [4.78, 5) is 0. The van der Waals surface area contributed by atoms with Gasteiger partial charge in [0.2, 0.25) is 0 Å². The van der Waals surface area contributed by atoms with Crippen LogP contribution in [0.3, 0.4) is 0 Å². The third kappa shape index (κ3) is 2.54. The molecule has 0 rings (SSSR count). The fraction of sp³-hybridized carbons (Fsp3) is 1.00. The first-order valence-corrected chi connectivity index (χ1v) is 2.52. The molecule has 0 aliphatic heterocycles. The summed E-state index contributed by atoms with van der Waals surface area (Å²) in [5, 5.41) is 8.66. The summed E-state index contributed by atoms with van der Waals surface area (Å²) in [5.74, 6) is 0. The predicted molar refractivity (Wildman–Crippen MR) is 30.1 cm³/mol. The molecule has 0 aliphatic rings. The molecule has 0 aromatic carbocycles. The Morgan fingerprint density at radius 2 is 1.67 bits per heavy atom. The number of rotatable bonds is 1. The van der Waals surface area contributed by atoms with Crippen LogP contribution in [0.4, 0.5) is 0 Å². The third-order valence-electron chi connectivity index (χ3n) is 0.698. The van der Waals surface area contributed by atoms with Crippen LogP contribution in [0.5, 0.6) is 0 Å². The predicted octanol–water partition coefficient (Wildman–Crippen LogP) is 0.685. The first-order chi connectivity index (χ1) is 2.64. The second-order valence-corrected chi connectivity index (χ2v) is 2.30. The van der Waals surface area contributed by atoms with Gasteiger partial charge in [0, 0.05) is 5.25 Å². The van der Waals surface area contributed by atoms with E-state index in [-0.39, 0.29) is 11.4 Å². The van der Waals surface area contributed by atoms with Gasteiger partial charge in [0.1, 0.15) is 0 Å². The molecule has 1 nitrogen and oxygen atoms in total. The van der Waals surface area contributed by atoms with Crippen molar-refractivity contribution in [1.82, 2.24) is 0 Å². The van der Waals surface area contributed by atoms with Crippen molar-refractivity contribution in [2.75, 3.05) is 0 Å². The lowest BCUT2D eigenvalue weighted by molar-refractivity contribution is 0.197. The zero-order chi connectivity index (χ0) is 5.15. The standard InChI is InChI=1S/C4H10OS/c1-3(5)4(2)6/h3-6H,1-2H3/t3-,4?/m0/s1. The van der Waals surface area contributed by atoms with Crippen molar-refractivity contribution in [3.63, 3.8) is 0 Å². The zero-order valence-electron chi connectivity index (χ0n) is 4.05. The van der Waals surface area contributed by atoms with E-state index in [9.17, 15) is 0 Å². The summed E-state index contributed by atoms with van der Waals surface area (Å²) >= 11 is 3.94. The van der Waals surface area contributed by atoms with E-state index in [1.807, 2.05) is 6.92 Å². The van der Waals surface area contributed by atoms with Gasteiger partial charge in [-0.2, -0.15) is 12.6 Å². The summed E-state index contributed by atoms with van der Waals surface area (Å²) in [6.07, 6.45) is -0.284. The fourth-order valence-electron chi connectivity index (χ4n) is 0. The van der Waals surface area contributed by atoms with Gasteiger partial charge < -0.3 is 5.11 Å². The van der Waals surface area contributed by atoms with Crippen molar-refractivity contribution in [3.8, 4) is 0 Å². The molecule has 0 spiro atoms. The van der Waals surface area contributed by atoms with E-state index < -0.39 is 0 Å². The fourth-order valence-corrected chi connectivity index (χ4v) is 0. The Bertz CT molecular complexity index is 28.5. The average Bonchev–Trinajstić information content (AvgIpc) is 1.36. The largest absolute Gasteiger partial charge is 0.392 e. The van der Waals surface area contributed by atoms with Gasteiger partial charge in [0.25, 0.3) is 0 Å². The summed E-state index contributed by atoms with van der Waals surface area (Å²) in [6, 6.07) is 0. The molecular weight excluding hydrogens is 96.1 g/mol. The molecule has 0 amide bonds. The SMILES string of the molecule is CC(S)[C@H](C)O. The normalized spacial score (nSPS) is 20.0. The molecule has 0 heterocycles. The average molecular weight is 106 g/mol. The van der Waals surface area contributed by atoms with Crippen LogP contribution < -0.4 is 0 Å². The molecule has 0 saturated carbocycles. The molecule has 0 bridgehead atoms. The van der Waals surface area contributed by atoms with Crippen LogP contribution >= 0.6 is 12.6 Å². The molecule has 0 saturated heterocycles. The minimum absolute atomic E-state index is 0.102. The monoisotopic (exact) mass is 106 g/mol. The zero-order valence-corrected chi connectivity index (χ0v) is 4.94. The van der Waals surface area contributed by atoms with Crippen molar-refractivity contribution in [3.05, 3.63) is 0 Å². The molecule has 2 heteroatoms. The number of hydrogen-bond acceptors (Lipinski definition) is 2. The van der Waals surface area contributed by atoms with E-state index >= 15 is 0 Å². The number of thiol groups is 1. The molecule has 0 fully saturated rings. The van der Waals surface area contributed by atoms with Crippen molar-refractivity contribution in [2.45, 2.75) is 25.2 Å². The van der Waals surface area contributed by atoms with Crippen molar-refractivity contribution < 1.29 is 5.11 Å². The maximum atomic E-state index is 8.55.